The average Bonchev–Trinajstić information content (AvgIpc) is 2.23. The number of hydrogen-bond donors (Lipinski definition) is 1. The summed E-state index contributed by atoms with van der Waals surface area (Å²) >= 11 is 0. The maximum Gasteiger partial charge on any atom is 0.0587 e. The highest BCUT2D eigenvalue weighted by Crippen LogP contribution is 2.08. The zero-order chi connectivity index (χ0) is 11.4. The van der Waals surface area contributed by atoms with Crippen LogP contribution in [0.1, 0.15) is 46.0 Å². The van der Waals surface area contributed by atoms with Crippen LogP contribution in [-0.2, 0) is 4.74 Å². The summed E-state index contributed by atoms with van der Waals surface area (Å²) in [7, 11) is 1.74. The Morgan fingerprint density at radius 2 is 2.07 bits per heavy atom. The minimum Gasteiger partial charge on any atom is -0.383 e. The molecule has 0 aromatic heterocycles. The highest BCUT2D eigenvalue weighted by Gasteiger charge is 1.90. The first-order valence-electron chi connectivity index (χ1n) is 6.16. The SMILES string of the molecule is CCCCCC(C)=CCCNCCOC. The van der Waals surface area contributed by atoms with E-state index >= 15 is 0 Å². The van der Waals surface area contributed by atoms with Crippen molar-refractivity contribution in [2.45, 2.75) is 46.0 Å². The fourth-order valence-electron chi connectivity index (χ4n) is 1.48. The molecule has 0 aliphatic heterocycles. The molecule has 0 saturated heterocycles. The summed E-state index contributed by atoms with van der Waals surface area (Å²) in [6.07, 6.45) is 8.78. The first-order chi connectivity index (χ1) is 7.31. The summed E-state index contributed by atoms with van der Waals surface area (Å²) in [5.74, 6) is 0. The van der Waals surface area contributed by atoms with Crippen LogP contribution in [0.2, 0.25) is 0 Å². The van der Waals surface area contributed by atoms with Crippen molar-refractivity contribution < 1.29 is 4.74 Å². The van der Waals surface area contributed by atoms with Gasteiger partial charge in [0.2, 0.25) is 0 Å². The van der Waals surface area contributed by atoms with E-state index < -0.39 is 0 Å². The number of ether oxygens (including phenoxy) is 1. The van der Waals surface area contributed by atoms with Crippen LogP contribution in [0.15, 0.2) is 11.6 Å². The molecule has 0 unspecified atom stereocenters. The molecular formula is C13H27NO. The minimum absolute atomic E-state index is 0.805. The van der Waals surface area contributed by atoms with Gasteiger partial charge in [-0.3, -0.25) is 0 Å². The van der Waals surface area contributed by atoms with Gasteiger partial charge in [0.1, 0.15) is 0 Å². The van der Waals surface area contributed by atoms with Crippen molar-refractivity contribution >= 4 is 0 Å². The van der Waals surface area contributed by atoms with E-state index in [1.807, 2.05) is 0 Å². The van der Waals surface area contributed by atoms with Crippen molar-refractivity contribution in [3.63, 3.8) is 0 Å². The summed E-state index contributed by atoms with van der Waals surface area (Å²) in [6, 6.07) is 0. The lowest BCUT2D eigenvalue weighted by Gasteiger charge is -2.03. The fraction of sp³-hybridized carbons (Fsp3) is 0.846. The van der Waals surface area contributed by atoms with Gasteiger partial charge in [-0.15, -0.1) is 0 Å². The molecule has 0 aliphatic rings. The maximum absolute atomic E-state index is 4.96. The van der Waals surface area contributed by atoms with Crippen molar-refractivity contribution in [2.24, 2.45) is 0 Å². The Morgan fingerprint density at radius 3 is 2.73 bits per heavy atom. The molecule has 0 radical (unpaired) electrons. The summed E-state index contributed by atoms with van der Waals surface area (Å²) < 4.78 is 4.96. The van der Waals surface area contributed by atoms with Gasteiger partial charge >= 0.3 is 0 Å². The smallest absolute Gasteiger partial charge is 0.0587 e. The van der Waals surface area contributed by atoms with Crippen LogP contribution in [-0.4, -0.2) is 26.8 Å². The van der Waals surface area contributed by atoms with Gasteiger partial charge in [-0.25, -0.2) is 0 Å². The fourth-order valence-corrected chi connectivity index (χ4v) is 1.48. The Balaban J connectivity index is 3.25. The maximum atomic E-state index is 4.96. The van der Waals surface area contributed by atoms with Crippen LogP contribution in [0, 0.1) is 0 Å². The number of hydrogen-bond acceptors (Lipinski definition) is 2. The number of allylic oxidation sites excluding steroid dienone is 1. The Labute approximate surface area is 95.1 Å². The topological polar surface area (TPSA) is 21.3 Å². The molecule has 15 heavy (non-hydrogen) atoms. The molecule has 0 fully saturated rings. The first-order valence-corrected chi connectivity index (χ1v) is 6.16. The van der Waals surface area contributed by atoms with Crippen LogP contribution in [0.25, 0.3) is 0 Å². The third kappa shape index (κ3) is 11.6. The van der Waals surface area contributed by atoms with E-state index in [4.69, 9.17) is 4.74 Å². The van der Waals surface area contributed by atoms with Crippen LogP contribution in [0.4, 0.5) is 0 Å². The van der Waals surface area contributed by atoms with Crippen molar-refractivity contribution in [2.75, 3.05) is 26.8 Å². The molecule has 1 N–H and O–H groups in total. The predicted octanol–water partition coefficient (Wildman–Crippen LogP) is 3.14. The Bertz CT molecular complexity index is 155. The molecule has 0 aromatic rings. The van der Waals surface area contributed by atoms with Crippen LogP contribution in [0.5, 0.6) is 0 Å². The second kappa shape index (κ2) is 11.7. The predicted molar refractivity (Wildman–Crippen MR) is 67.3 cm³/mol. The van der Waals surface area contributed by atoms with Crippen molar-refractivity contribution in [1.29, 1.82) is 0 Å². The Morgan fingerprint density at radius 1 is 1.27 bits per heavy atom. The van der Waals surface area contributed by atoms with Gasteiger partial charge in [0.25, 0.3) is 0 Å². The first kappa shape index (κ1) is 14.7. The molecule has 2 nitrogen and oxygen atoms in total. The van der Waals surface area contributed by atoms with Gasteiger partial charge in [0, 0.05) is 13.7 Å². The molecule has 90 valence electrons. The monoisotopic (exact) mass is 213 g/mol. The van der Waals surface area contributed by atoms with E-state index in [1.165, 1.54) is 31.3 Å². The van der Waals surface area contributed by atoms with E-state index in [-0.39, 0.29) is 0 Å². The van der Waals surface area contributed by atoms with Crippen LogP contribution >= 0.6 is 0 Å². The van der Waals surface area contributed by atoms with Gasteiger partial charge in [-0.05, 0) is 32.7 Å². The minimum atomic E-state index is 0.805. The van der Waals surface area contributed by atoms with E-state index in [9.17, 15) is 0 Å². The summed E-state index contributed by atoms with van der Waals surface area (Å²) in [5, 5.41) is 3.34. The number of methoxy groups -OCH3 is 1. The molecule has 0 spiro atoms. The normalized spacial score (nSPS) is 12.1. The molecule has 0 aliphatic carbocycles. The molecule has 0 heterocycles. The molecule has 0 atom stereocenters. The molecule has 0 rings (SSSR count). The zero-order valence-corrected chi connectivity index (χ0v) is 10.6. The van der Waals surface area contributed by atoms with Gasteiger partial charge in [0.15, 0.2) is 0 Å². The van der Waals surface area contributed by atoms with Gasteiger partial charge < -0.3 is 10.1 Å². The van der Waals surface area contributed by atoms with Gasteiger partial charge in [-0.2, -0.15) is 0 Å². The Hall–Kier alpha value is -0.340. The van der Waals surface area contributed by atoms with Gasteiger partial charge in [-0.1, -0.05) is 31.4 Å². The molecule has 0 saturated carbocycles. The number of unbranched alkanes of at least 4 members (excludes halogenated alkanes) is 2. The number of nitrogens with one attached hydrogen (secondary N) is 1. The van der Waals surface area contributed by atoms with Gasteiger partial charge in [0.05, 0.1) is 6.61 Å². The second-order valence-corrected chi connectivity index (χ2v) is 4.04. The summed E-state index contributed by atoms with van der Waals surface area (Å²) in [4.78, 5) is 0. The zero-order valence-electron chi connectivity index (χ0n) is 10.6. The lowest BCUT2D eigenvalue weighted by atomic mass is 10.1. The summed E-state index contributed by atoms with van der Waals surface area (Å²) in [6.45, 7) is 7.32. The second-order valence-electron chi connectivity index (χ2n) is 4.04. The van der Waals surface area contributed by atoms with E-state index in [0.717, 1.165) is 26.1 Å². The largest absolute Gasteiger partial charge is 0.383 e. The molecular weight excluding hydrogens is 186 g/mol. The molecule has 0 bridgehead atoms. The van der Waals surface area contributed by atoms with E-state index in [1.54, 1.807) is 7.11 Å². The van der Waals surface area contributed by atoms with Crippen molar-refractivity contribution in [3.8, 4) is 0 Å². The standard InChI is InChI=1S/C13H27NO/c1-4-5-6-8-13(2)9-7-10-14-11-12-15-3/h9,14H,4-8,10-12H2,1-3H3. The van der Waals surface area contributed by atoms with E-state index in [2.05, 4.69) is 25.2 Å². The van der Waals surface area contributed by atoms with Crippen LogP contribution < -0.4 is 5.32 Å². The Kier molecular flexibility index (Phi) is 11.5. The quantitative estimate of drug-likeness (QED) is 0.444. The number of rotatable bonds is 10. The highest BCUT2D eigenvalue weighted by atomic mass is 16.5. The molecule has 2 heteroatoms. The highest BCUT2D eigenvalue weighted by molar-refractivity contribution is 4.97. The van der Waals surface area contributed by atoms with Crippen molar-refractivity contribution in [3.05, 3.63) is 11.6 Å². The van der Waals surface area contributed by atoms with Crippen molar-refractivity contribution in [1.82, 2.24) is 5.32 Å². The lowest BCUT2D eigenvalue weighted by molar-refractivity contribution is 0.199. The molecule has 0 aromatic carbocycles. The third-order valence-electron chi connectivity index (χ3n) is 2.47. The van der Waals surface area contributed by atoms with E-state index in [0.29, 0.717) is 0 Å². The average molecular weight is 213 g/mol. The lowest BCUT2D eigenvalue weighted by Crippen LogP contribution is -2.19. The third-order valence-corrected chi connectivity index (χ3v) is 2.47. The molecule has 0 amide bonds. The van der Waals surface area contributed by atoms with Crippen LogP contribution in [0.3, 0.4) is 0 Å². The summed E-state index contributed by atoms with van der Waals surface area (Å²) in [5.41, 5.74) is 1.54.